The van der Waals surface area contributed by atoms with Crippen LogP contribution in [0.5, 0.6) is 0 Å². The molecule has 16 heavy (non-hydrogen) atoms. The predicted molar refractivity (Wildman–Crippen MR) is 56.7 cm³/mol. The molecule has 1 fully saturated rings. The largest absolute Gasteiger partial charge is 0.436 e. The van der Waals surface area contributed by atoms with E-state index in [9.17, 15) is 9.59 Å². The van der Waals surface area contributed by atoms with Crippen LogP contribution in [-0.2, 0) is 14.3 Å². The zero-order chi connectivity index (χ0) is 12.1. The molecule has 1 unspecified atom stereocenters. The number of hydrogen-bond acceptors (Lipinski definition) is 4. The first-order valence-corrected chi connectivity index (χ1v) is 5.27. The topological polar surface area (TPSA) is 81.9 Å². The van der Waals surface area contributed by atoms with Gasteiger partial charge in [-0.3, -0.25) is 4.79 Å². The number of hydrogen-bond donors (Lipinski definition) is 1. The molecular weight excluding hydrogens is 212 g/mol. The third-order valence-electron chi connectivity index (χ3n) is 2.62. The first-order valence-electron chi connectivity index (χ1n) is 5.27. The van der Waals surface area contributed by atoms with Crippen LogP contribution in [0.4, 0.5) is 4.79 Å². The number of likely N-dealkylation sites (N-methyl/N-ethyl adjacent to an activating group) is 1. The maximum atomic E-state index is 11.8. The molecule has 0 aromatic carbocycles. The maximum absolute atomic E-state index is 11.8. The number of rotatable bonds is 3. The zero-order valence-electron chi connectivity index (χ0n) is 9.64. The number of amides is 2. The van der Waals surface area contributed by atoms with Gasteiger partial charge in [-0.25, -0.2) is 4.79 Å². The molecule has 0 saturated carbocycles. The van der Waals surface area contributed by atoms with Crippen molar-refractivity contribution >= 4 is 12.0 Å². The number of carbonyl (C=O) groups is 2. The number of carbonyl (C=O) groups excluding carboxylic acids is 2. The Morgan fingerprint density at radius 3 is 2.38 bits per heavy atom. The van der Waals surface area contributed by atoms with E-state index < -0.39 is 12.2 Å². The Labute approximate surface area is 94.7 Å². The minimum Gasteiger partial charge on any atom is -0.436 e. The molecule has 0 radical (unpaired) electrons. The van der Waals surface area contributed by atoms with Crippen LogP contribution in [0.25, 0.3) is 0 Å². The molecular formula is C10H18N2O4. The van der Waals surface area contributed by atoms with Crippen LogP contribution in [0.15, 0.2) is 0 Å². The van der Waals surface area contributed by atoms with Crippen molar-refractivity contribution in [3.8, 4) is 0 Å². The normalized spacial score (nSPS) is 18.9. The second kappa shape index (κ2) is 5.69. The summed E-state index contributed by atoms with van der Waals surface area (Å²) in [4.78, 5) is 24.0. The molecule has 1 saturated heterocycles. The van der Waals surface area contributed by atoms with Crippen LogP contribution in [-0.4, -0.2) is 50.3 Å². The summed E-state index contributed by atoms with van der Waals surface area (Å²) in [6.07, 6.45) is -0.280. The van der Waals surface area contributed by atoms with E-state index in [1.807, 2.05) is 0 Å². The molecule has 0 aliphatic carbocycles. The Bertz CT molecular complexity index is 262. The highest BCUT2D eigenvalue weighted by atomic mass is 16.6. The zero-order valence-corrected chi connectivity index (χ0v) is 9.64. The van der Waals surface area contributed by atoms with Crippen LogP contribution in [0.2, 0.25) is 0 Å². The van der Waals surface area contributed by atoms with Gasteiger partial charge in [0.05, 0.1) is 0 Å². The average molecular weight is 230 g/mol. The lowest BCUT2D eigenvalue weighted by atomic mass is 9.93. The molecule has 6 heteroatoms. The summed E-state index contributed by atoms with van der Waals surface area (Å²) in [7, 11) is 3.25. The molecule has 0 aromatic heterocycles. The van der Waals surface area contributed by atoms with Crippen molar-refractivity contribution < 1.29 is 19.1 Å². The summed E-state index contributed by atoms with van der Waals surface area (Å²) in [5.74, 6) is -0.234. The SMILES string of the molecule is CN(C)C(=O)C(OC(N)=O)C1CCOCC1. The van der Waals surface area contributed by atoms with Gasteiger partial charge in [0.1, 0.15) is 0 Å². The molecule has 1 rings (SSSR count). The Morgan fingerprint density at radius 2 is 1.94 bits per heavy atom. The third-order valence-corrected chi connectivity index (χ3v) is 2.62. The van der Waals surface area contributed by atoms with Gasteiger partial charge in [0.2, 0.25) is 0 Å². The second-order valence-corrected chi connectivity index (χ2v) is 4.04. The van der Waals surface area contributed by atoms with E-state index >= 15 is 0 Å². The van der Waals surface area contributed by atoms with E-state index in [0.29, 0.717) is 26.1 Å². The van der Waals surface area contributed by atoms with Crippen molar-refractivity contribution in [3.05, 3.63) is 0 Å². The van der Waals surface area contributed by atoms with Gasteiger partial charge in [-0.2, -0.15) is 0 Å². The second-order valence-electron chi connectivity index (χ2n) is 4.04. The minimum atomic E-state index is -0.910. The predicted octanol–water partition coefficient (Wildman–Crippen LogP) is -0.0349. The minimum absolute atomic E-state index is 0.00356. The van der Waals surface area contributed by atoms with Crippen molar-refractivity contribution in [2.75, 3.05) is 27.3 Å². The van der Waals surface area contributed by atoms with E-state index in [0.717, 1.165) is 0 Å². The van der Waals surface area contributed by atoms with Gasteiger partial charge >= 0.3 is 6.09 Å². The smallest absolute Gasteiger partial charge is 0.405 e. The first-order chi connectivity index (χ1) is 7.52. The van der Waals surface area contributed by atoms with Gasteiger partial charge in [-0.1, -0.05) is 0 Å². The van der Waals surface area contributed by atoms with Crippen molar-refractivity contribution in [2.45, 2.75) is 18.9 Å². The van der Waals surface area contributed by atoms with Crippen LogP contribution in [0.3, 0.4) is 0 Å². The highest BCUT2D eigenvalue weighted by molar-refractivity contribution is 5.83. The number of primary amides is 1. The number of nitrogens with zero attached hydrogens (tertiary/aromatic N) is 1. The Kier molecular flexibility index (Phi) is 4.54. The molecule has 6 nitrogen and oxygen atoms in total. The summed E-state index contributed by atoms with van der Waals surface area (Å²) >= 11 is 0. The summed E-state index contributed by atoms with van der Waals surface area (Å²) < 4.78 is 10.1. The van der Waals surface area contributed by atoms with Crippen LogP contribution >= 0.6 is 0 Å². The molecule has 1 atom stereocenters. The van der Waals surface area contributed by atoms with E-state index in [4.69, 9.17) is 15.2 Å². The Balaban J connectivity index is 2.68. The standard InChI is InChI=1S/C10H18N2O4/c1-12(2)9(13)8(16-10(11)14)7-3-5-15-6-4-7/h7-8H,3-6H2,1-2H3,(H2,11,14). The van der Waals surface area contributed by atoms with Gasteiger partial charge in [0.25, 0.3) is 5.91 Å². The molecule has 0 spiro atoms. The van der Waals surface area contributed by atoms with E-state index in [-0.39, 0.29) is 11.8 Å². The van der Waals surface area contributed by atoms with E-state index in [1.54, 1.807) is 14.1 Å². The van der Waals surface area contributed by atoms with Crippen LogP contribution in [0.1, 0.15) is 12.8 Å². The lowest BCUT2D eigenvalue weighted by molar-refractivity contribution is -0.142. The van der Waals surface area contributed by atoms with Gasteiger partial charge < -0.3 is 20.1 Å². The monoisotopic (exact) mass is 230 g/mol. The fourth-order valence-corrected chi connectivity index (χ4v) is 1.75. The lowest BCUT2D eigenvalue weighted by Gasteiger charge is -2.30. The molecule has 1 heterocycles. The molecule has 1 aliphatic heterocycles. The summed E-state index contributed by atoms with van der Waals surface area (Å²) in [6, 6.07) is 0. The Morgan fingerprint density at radius 1 is 1.38 bits per heavy atom. The van der Waals surface area contributed by atoms with Crippen molar-refractivity contribution in [3.63, 3.8) is 0 Å². The van der Waals surface area contributed by atoms with Gasteiger partial charge in [0, 0.05) is 33.2 Å². The third kappa shape index (κ3) is 3.37. The van der Waals surface area contributed by atoms with Crippen LogP contribution < -0.4 is 5.73 Å². The van der Waals surface area contributed by atoms with Gasteiger partial charge in [-0.05, 0) is 12.8 Å². The quantitative estimate of drug-likeness (QED) is 0.737. The van der Waals surface area contributed by atoms with Crippen LogP contribution in [0, 0.1) is 5.92 Å². The maximum Gasteiger partial charge on any atom is 0.405 e. The fraction of sp³-hybridized carbons (Fsp3) is 0.800. The average Bonchev–Trinajstić information content (AvgIpc) is 2.26. The molecule has 2 amide bonds. The molecule has 0 bridgehead atoms. The fourth-order valence-electron chi connectivity index (χ4n) is 1.75. The van der Waals surface area contributed by atoms with Gasteiger partial charge in [-0.15, -0.1) is 0 Å². The highest BCUT2D eigenvalue weighted by Gasteiger charge is 2.33. The van der Waals surface area contributed by atoms with Crippen molar-refractivity contribution in [1.29, 1.82) is 0 Å². The molecule has 1 aliphatic rings. The molecule has 0 aromatic rings. The van der Waals surface area contributed by atoms with Crippen molar-refractivity contribution in [2.24, 2.45) is 11.7 Å². The number of ether oxygens (including phenoxy) is 2. The number of nitrogens with two attached hydrogens (primary N) is 1. The Hall–Kier alpha value is -1.30. The summed E-state index contributed by atoms with van der Waals surface area (Å²) in [5, 5.41) is 0. The molecule has 92 valence electrons. The summed E-state index contributed by atoms with van der Waals surface area (Å²) in [6.45, 7) is 1.17. The van der Waals surface area contributed by atoms with Gasteiger partial charge in [0.15, 0.2) is 6.10 Å². The first kappa shape index (κ1) is 12.8. The lowest BCUT2D eigenvalue weighted by Crippen LogP contribution is -2.44. The van der Waals surface area contributed by atoms with E-state index in [2.05, 4.69) is 0 Å². The van der Waals surface area contributed by atoms with Crippen molar-refractivity contribution in [1.82, 2.24) is 4.90 Å². The highest BCUT2D eigenvalue weighted by Crippen LogP contribution is 2.22. The van der Waals surface area contributed by atoms with E-state index in [1.165, 1.54) is 4.90 Å². The summed E-state index contributed by atoms with van der Waals surface area (Å²) in [5.41, 5.74) is 4.97. The molecule has 2 N–H and O–H groups in total.